The van der Waals surface area contributed by atoms with Crippen molar-refractivity contribution in [2.24, 2.45) is 0 Å². The van der Waals surface area contributed by atoms with Crippen LogP contribution in [0.15, 0.2) is 66.7 Å². The Kier molecular flexibility index (Phi) is 6.30. The maximum Gasteiger partial charge on any atom is 0.255 e. The smallest absolute Gasteiger partial charge is 0.255 e. The van der Waals surface area contributed by atoms with Gasteiger partial charge in [-0.2, -0.15) is 0 Å². The van der Waals surface area contributed by atoms with E-state index in [2.05, 4.69) is 26.1 Å². The van der Waals surface area contributed by atoms with Crippen molar-refractivity contribution in [2.75, 3.05) is 16.0 Å². The number of hydrogen-bond donors (Lipinski definition) is 1. The fraction of sp³-hybridized carbons (Fsp3) is 0.259. The van der Waals surface area contributed by atoms with Crippen LogP contribution in [0.4, 0.5) is 15.8 Å². The normalized spacial score (nSPS) is 16.2. The van der Waals surface area contributed by atoms with Gasteiger partial charge in [-0.15, -0.1) is 11.8 Å². The summed E-state index contributed by atoms with van der Waals surface area (Å²) in [5, 5.41) is 2.60. The number of rotatable bonds is 4. The molecule has 1 saturated heterocycles. The van der Waals surface area contributed by atoms with Crippen molar-refractivity contribution >= 4 is 35.0 Å². The van der Waals surface area contributed by atoms with Gasteiger partial charge in [-0.3, -0.25) is 14.5 Å². The molecule has 0 aromatic heterocycles. The van der Waals surface area contributed by atoms with Crippen molar-refractivity contribution in [3.63, 3.8) is 0 Å². The summed E-state index contributed by atoms with van der Waals surface area (Å²) in [6.07, 6.45) is 0. The van der Waals surface area contributed by atoms with Gasteiger partial charge < -0.3 is 5.32 Å². The summed E-state index contributed by atoms with van der Waals surface area (Å²) in [6, 6.07) is 19.8. The summed E-state index contributed by atoms with van der Waals surface area (Å²) in [5.41, 5.74) is 4.51. The van der Waals surface area contributed by atoms with Gasteiger partial charge in [0, 0.05) is 11.3 Å². The van der Waals surface area contributed by atoms with Crippen LogP contribution in [-0.4, -0.2) is 17.6 Å². The van der Waals surface area contributed by atoms with Gasteiger partial charge in [0.2, 0.25) is 5.91 Å². The van der Waals surface area contributed by atoms with Gasteiger partial charge >= 0.3 is 0 Å². The highest BCUT2D eigenvalue weighted by molar-refractivity contribution is 8.00. The maximum absolute atomic E-state index is 14.5. The molecule has 0 radical (unpaired) electrons. The Bertz CT molecular complexity index is 1180. The van der Waals surface area contributed by atoms with E-state index in [1.807, 2.05) is 55.5 Å². The van der Waals surface area contributed by atoms with Crippen LogP contribution in [0, 0.1) is 12.7 Å². The highest BCUT2D eigenvalue weighted by Gasteiger charge is 2.35. The van der Waals surface area contributed by atoms with Crippen LogP contribution in [0.25, 0.3) is 0 Å². The number of nitrogens with one attached hydrogen (secondary N) is 1. The van der Waals surface area contributed by atoms with Gasteiger partial charge in [0.25, 0.3) is 5.91 Å². The van der Waals surface area contributed by atoms with E-state index in [9.17, 15) is 14.0 Å². The van der Waals surface area contributed by atoms with E-state index < -0.39 is 5.82 Å². The number of carbonyl (C=O) groups excluding carboxylic acids is 2. The molecule has 1 aliphatic rings. The molecule has 1 heterocycles. The van der Waals surface area contributed by atoms with E-state index in [1.54, 1.807) is 12.1 Å². The van der Waals surface area contributed by atoms with Crippen LogP contribution < -0.4 is 10.2 Å². The first-order chi connectivity index (χ1) is 15.6. The molecule has 1 unspecified atom stereocenters. The molecule has 1 N–H and O–H groups in total. The number of hydrogen-bond acceptors (Lipinski definition) is 3. The van der Waals surface area contributed by atoms with Crippen LogP contribution in [0.3, 0.4) is 0 Å². The standard InChI is InChI=1S/C27H27FN2O2S/c1-17-5-14-22(28)23(15-17)30-24(31)16-33-26(30)19-8-12-21(13-9-19)29-25(32)18-6-10-20(11-7-18)27(2,3)4/h5-15,26H,16H2,1-4H3,(H,29,32). The third-order valence-corrected chi connectivity index (χ3v) is 6.91. The molecule has 0 aliphatic carbocycles. The molecule has 1 fully saturated rings. The number of aryl methyl sites for hydroxylation is 1. The molecule has 0 bridgehead atoms. The SMILES string of the molecule is Cc1ccc(F)c(N2C(=O)CSC2c2ccc(NC(=O)c3ccc(C(C)(C)C)cc3)cc2)c1. The molecule has 2 amide bonds. The molecular weight excluding hydrogens is 435 g/mol. The Morgan fingerprint density at radius 3 is 2.33 bits per heavy atom. The Labute approximate surface area is 198 Å². The third-order valence-electron chi connectivity index (χ3n) is 5.70. The largest absolute Gasteiger partial charge is 0.322 e. The molecule has 0 spiro atoms. The number of benzene rings is 3. The van der Waals surface area contributed by atoms with E-state index in [0.717, 1.165) is 11.1 Å². The number of anilines is 2. The van der Waals surface area contributed by atoms with Gasteiger partial charge in [-0.05, 0) is 65.4 Å². The van der Waals surface area contributed by atoms with E-state index in [1.165, 1.54) is 28.3 Å². The Morgan fingerprint density at radius 2 is 1.70 bits per heavy atom. The van der Waals surface area contributed by atoms with Crippen molar-refractivity contribution in [1.82, 2.24) is 0 Å². The predicted molar refractivity (Wildman–Crippen MR) is 133 cm³/mol. The summed E-state index contributed by atoms with van der Waals surface area (Å²) < 4.78 is 14.5. The van der Waals surface area contributed by atoms with Gasteiger partial charge in [0.05, 0.1) is 11.4 Å². The lowest BCUT2D eigenvalue weighted by Crippen LogP contribution is -2.28. The number of amides is 2. The monoisotopic (exact) mass is 462 g/mol. The van der Waals surface area contributed by atoms with Crippen molar-refractivity contribution in [2.45, 2.75) is 38.5 Å². The number of halogens is 1. The second-order valence-corrected chi connectivity index (χ2v) is 10.4. The molecule has 170 valence electrons. The lowest BCUT2D eigenvalue weighted by molar-refractivity contribution is -0.115. The zero-order valence-corrected chi connectivity index (χ0v) is 20.0. The van der Waals surface area contributed by atoms with E-state index in [0.29, 0.717) is 22.7 Å². The highest BCUT2D eigenvalue weighted by atomic mass is 32.2. The van der Waals surface area contributed by atoms with Gasteiger partial charge in [-0.1, -0.05) is 51.1 Å². The number of carbonyl (C=O) groups is 2. The lowest BCUT2D eigenvalue weighted by Gasteiger charge is -2.25. The zero-order chi connectivity index (χ0) is 23.8. The Balaban J connectivity index is 1.50. The summed E-state index contributed by atoms with van der Waals surface area (Å²) in [5.74, 6) is -0.424. The fourth-order valence-electron chi connectivity index (χ4n) is 3.79. The molecule has 4 rings (SSSR count). The molecule has 6 heteroatoms. The first-order valence-corrected chi connectivity index (χ1v) is 11.9. The average molecular weight is 463 g/mol. The summed E-state index contributed by atoms with van der Waals surface area (Å²) in [4.78, 5) is 26.7. The molecular formula is C27H27FN2O2S. The molecule has 1 aliphatic heterocycles. The molecule has 0 saturated carbocycles. The fourth-order valence-corrected chi connectivity index (χ4v) is 4.96. The number of thioether (sulfide) groups is 1. The zero-order valence-electron chi connectivity index (χ0n) is 19.2. The molecule has 1 atom stereocenters. The highest BCUT2D eigenvalue weighted by Crippen LogP contribution is 2.43. The van der Waals surface area contributed by atoms with Crippen LogP contribution in [0.5, 0.6) is 0 Å². The van der Waals surface area contributed by atoms with Crippen LogP contribution in [0.2, 0.25) is 0 Å². The molecule has 3 aromatic carbocycles. The average Bonchev–Trinajstić information content (AvgIpc) is 3.16. The first-order valence-electron chi connectivity index (χ1n) is 10.9. The summed E-state index contributed by atoms with van der Waals surface area (Å²) in [6.45, 7) is 8.27. The van der Waals surface area contributed by atoms with Crippen LogP contribution in [0.1, 0.15) is 53.2 Å². The predicted octanol–water partition coefficient (Wildman–Crippen LogP) is 6.46. The lowest BCUT2D eigenvalue weighted by atomic mass is 9.87. The topological polar surface area (TPSA) is 49.4 Å². The second kappa shape index (κ2) is 9.02. The maximum atomic E-state index is 14.5. The first kappa shape index (κ1) is 23.1. The van der Waals surface area contributed by atoms with Crippen molar-refractivity contribution in [3.8, 4) is 0 Å². The molecule has 33 heavy (non-hydrogen) atoms. The molecule has 4 nitrogen and oxygen atoms in total. The van der Waals surface area contributed by atoms with E-state index in [-0.39, 0.29) is 22.6 Å². The van der Waals surface area contributed by atoms with Crippen molar-refractivity contribution < 1.29 is 14.0 Å². The van der Waals surface area contributed by atoms with Crippen LogP contribution in [-0.2, 0) is 10.2 Å². The Morgan fingerprint density at radius 1 is 1.03 bits per heavy atom. The van der Waals surface area contributed by atoms with Crippen molar-refractivity contribution in [1.29, 1.82) is 0 Å². The second-order valence-electron chi connectivity index (χ2n) is 9.29. The van der Waals surface area contributed by atoms with Gasteiger partial charge in [0.1, 0.15) is 11.2 Å². The van der Waals surface area contributed by atoms with Crippen LogP contribution >= 0.6 is 11.8 Å². The molecule has 3 aromatic rings. The summed E-state index contributed by atoms with van der Waals surface area (Å²) >= 11 is 1.46. The van der Waals surface area contributed by atoms with Gasteiger partial charge in [0.15, 0.2) is 0 Å². The van der Waals surface area contributed by atoms with E-state index >= 15 is 0 Å². The Hall–Kier alpha value is -3.12. The minimum atomic E-state index is -0.414. The van der Waals surface area contributed by atoms with E-state index in [4.69, 9.17) is 0 Å². The quantitative estimate of drug-likeness (QED) is 0.484. The van der Waals surface area contributed by atoms with Crippen molar-refractivity contribution in [3.05, 3.63) is 94.8 Å². The summed E-state index contributed by atoms with van der Waals surface area (Å²) in [7, 11) is 0. The minimum absolute atomic E-state index is 0.0275. The number of nitrogens with zero attached hydrogens (tertiary/aromatic N) is 1. The van der Waals surface area contributed by atoms with Gasteiger partial charge in [-0.25, -0.2) is 4.39 Å². The third kappa shape index (κ3) is 4.96. The minimum Gasteiger partial charge on any atom is -0.322 e.